The lowest BCUT2D eigenvalue weighted by atomic mass is 10.2. The summed E-state index contributed by atoms with van der Waals surface area (Å²) in [5.74, 6) is -0.631. The minimum Gasteiger partial charge on any atom is -0.445 e. The number of amides is 2. The minimum atomic E-state index is -0.793. The molecule has 1 aromatic carbocycles. The second-order valence-corrected chi connectivity index (χ2v) is 4.50. The van der Waals surface area contributed by atoms with E-state index in [2.05, 4.69) is 0 Å². The first kappa shape index (κ1) is 13.4. The number of benzene rings is 1. The summed E-state index contributed by atoms with van der Waals surface area (Å²) in [7, 11) is 0. The van der Waals surface area contributed by atoms with Gasteiger partial charge in [0, 0.05) is 6.42 Å². The van der Waals surface area contributed by atoms with E-state index in [9.17, 15) is 14.7 Å². The molecule has 1 saturated heterocycles. The Hall–Kier alpha value is -2.08. The van der Waals surface area contributed by atoms with Crippen LogP contribution in [0.5, 0.6) is 0 Å². The van der Waals surface area contributed by atoms with Crippen LogP contribution < -0.4 is 5.73 Å². The van der Waals surface area contributed by atoms with Crippen molar-refractivity contribution in [2.75, 3.05) is 6.54 Å². The number of likely N-dealkylation sites (tertiary alicyclic amines) is 1. The number of nitrogens with zero attached hydrogens (tertiary/aromatic N) is 1. The molecule has 102 valence electrons. The molecular weight excluding hydrogens is 248 g/mol. The largest absolute Gasteiger partial charge is 0.445 e. The summed E-state index contributed by atoms with van der Waals surface area (Å²) < 4.78 is 5.11. The van der Waals surface area contributed by atoms with Crippen molar-refractivity contribution in [1.29, 1.82) is 0 Å². The fourth-order valence-corrected chi connectivity index (χ4v) is 2.09. The number of rotatable bonds is 3. The number of β-amino-alcohol motifs (C(OH)–C–C–N with tert-alkyl or cyclic N) is 1. The Kier molecular flexibility index (Phi) is 4.01. The maximum atomic E-state index is 11.9. The number of nitrogens with two attached hydrogens (primary N) is 1. The fraction of sp³-hybridized carbons (Fsp3) is 0.385. The van der Waals surface area contributed by atoms with Crippen molar-refractivity contribution in [2.45, 2.75) is 25.2 Å². The molecule has 1 heterocycles. The van der Waals surface area contributed by atoms with Gasteiger partial charge in [0.25, 0.3) is 0 Å². The van der Waals surface area contributed by atoms with Crippen molar-refractivity contribution in [1.82, 2.24) is 4.90 Å². The Morgan fingerprint density at radius 3 is 2.68 bits per heavy atom. The summed E-state index contributed by atoms with van der Waals surface area (Å²) in [5, 5.41) is 9.50. The van der Waals surface area contributed by atoms with Crippen LogP contribution in [0.25, 0.3) is 0 Å². The molecule has 19 heavy (non-hydrogen) atoms. The average Bonchev–Trinajstić information content (AvgIpc) is 2.79. The SMILES string of the molecule is NC(=O)[C@@H]1CC(O)CN1C(=O)OCc1ccccc1. The smallest absolute Gasteiger partial charge is 0.410 e. The van der Waals surface area contributed by atoms with Crippen LogP contribution in [0.2, 0.25) is 0 Å². The highest BCUT2D eigenvalue weighted by Gasteiger charge is 2.38. The number of hydrogen-bond donors (Lipinski definition) is 2. The second kappa shape index (κ2) is 5.71. The summed E-state index contributed by atoms with van der Waals surface area (Å²) in [4.78, 5) is 24.2. The molecule has 6 heteroatoms. The zero-order valence-corrected chi connectivity index (χ0v) is 10.4. The predicted octanol–water partition coefficient (Wildman–Crippen LogP) is 0.244. The second-order valence-electron chi connectivity index (χ2n) is 4.50. The molecule has 1 unspecified atom stereocenters. The van der Waals surface area contributed by atoms with Crippen LogP contribution in [0.15, 0.2) is 30.3 Å². The molecule has 2 atom stereocenters. The van der Waals surface area contributed by atoms with Crippen molar-refractivity contribution in [3.05, 3.63) is 35.9 Å². The van der Waals surface area contributed by atoms with Crippen LogP contribution in [0.4, 0.5) is 4.79 Å². The zero-order valence-electron chi connectivity index (χ0n) is 10.4. The first-order chi connectivity index (χ1) is 9.08. The third kappa shape index (κ3) is 3.23. The number of hydrogen-bond acceptors (Lipinski definition) is 4. The van der Waals surface area contributed by atoms with Crippen molar-refractivity contribution in [2.24, 2.45) is 5.73 Å². The summed E-state index contributed by atoms with van der Waals surface area (Å²) in [5.41, 5.74) is 6.05. The van der Waals surface area contributed by atoms with Crippen molar-refractivity contribution in [3.63, 3.8) is 0 Å². The van der Waals surface area contributed by atoms with Gasteiger partial charge in [-0.15, -0.1) is 0 Å². The van der Waals surface area contributed by atoms with Gasteiger partial charge in [-0.3, -0.25) is 9.69 Å². The Balaban J connectivity index is 1.94. The van der Waals surface area contributed by atoms with Gasteiger partial charge in [0.15, 0.2) is 0 Å². The third-order valence-electron chi connectivity index (χ3n) is 3.05. The summed E-state index contributed by atoms with van der Waals surface area (Å²) in [6, 6.07) is 8.42. The molecule has 1 aromatic rings. The lowest BCUT2D eigenvalue weighted by Gasteiger charge is -2.21. The van der Waals surface area contributed by atoms with Crippen LogP contribution in [0.1, 0.15) is 12.0 Å². The number of carbonyl (C=O) groups excluding carboxylic acids is 2. The van der Waals surface area contributed by atoms with Gasteiger partial charge in [0.1, 0.15) is 12.6 Å². The van der Waals surface area contributed by atoms with E-state index in [1.165, 1.54) is 4.90 Å². The van der Waals surface area contributed by atoms with Crippen LogP contribution in [0.3, 0.4) is 0 Å². The molecule has 2 amide bonds. The topological polar surface area (TPSA) is 92.9 Å². The number of carbonyl (C=O) groups is 2. The molecule has 0 aromatic heterocycles. The van der Waals surface area contributed by atoms with Crippen LogP contribution in [-0.4, -0.2) is 40.7 Å². The van der Waals surface area contributed by atoms with Gasteiger partial charge < -0.3 is 15.6 Å². The molecule has 3 N–H and O–H groups in total. The first-order valence-electron chi connectivity index (χ1n) is 6.02. The van der Waals surface area contributed by atoms with Gasteiger partial charge in [0.2, 0.25) is 5.91 Å². The molecule has 0 spiro atoms. The Morgan fingerprint density at radius 1 is 1.37 bits per heavy atom. The fourth-order valence-electron chi connectivity index (χ4n) is 2.09. The highest BCUT2D eigenvalue weighted by Crippen LogP contribution is 2.19. The molecule has 1 fully saturated rings. The highest BCUT2D eigenvalue weighted by atomic mass is 16.6. The molecule has 1 aliphatic rings. The number of primary amides is 1. The number of aliphatic hydroxyl groups is 1. The van der Waals surface area contributed by atoms with Crippen molar-refractivity contribution in [3.8, 4) is 0 Å². The van der Waals surface area contributed by atoms with Gasteiger partial charge >= 0.3 is 6.09 Å². The predicted molar refractivity (Wildman–Crippen MR) is 66.9 cm³/mol. The number of aliphatic hydroxyl groups excluding tert-OH is 1. The van der Waals surface area contributed by atoms with Crippen LogP contribution in [-0.2, 0) is 16.1 Å². The molecule has 0 bridgehead atoms. The molecule has 0 saturated carbocycles. The van der Waals surface area contributed by atoms with E-state index >= 15 is 0 Å². The molecule has 2 rings (SSSR count). The van der Waals surface area contributed by atoms with E-state index in [1.54, 1.807) is 0 Å². The molecule has 0 aliphatic carbocycles. The van der Waals surface area contributed by atoms with E-state index < -0.39 is 24.1 Å². The van der Waals surface area contributed by atoms with Crippen LogP contribution in [0, 0.1) is 0 Å². The van der Waals surface area contributed by atoms with Crippen molar-refractivity contribution >= 4 is 12.0 Å². The summed E-state index contributed by atoms with van der Waals surface area (Å²) >= 11 is 0. The normalized spacial score (nSPS) is 22.3. The Bertz CT molecular complexity index is 463. The maximum absolute atomic E-state index is 11.9. The Labute approximate surface area is 110 Å². The first-order valence-corrected chi connectivity index (χ1v) is 6.02. The van der Waals surface area contributed by atoms with E-state index in [0.717, 1.165) is 5.56 Å². The quantitative estimate of drug-likeness (QED) is 0.818. The van der Waals surface area contributed by atoms with E-state index in [4.69, 9.17) is 10.5 Å². The lowest BCUT2D eigenvalue weighted by molar-refractivity contribution is -0.122. The van der Waals surface area contributed by atoms with Gasteiger partial charge in [-0.05, 0) is 5.56 Å². The standard InChI is InChI=1S/C13H16N2O4/c14-12(17)11-6-10(16)7-15(11)13(18)19-8-9-4-2-1-3-5-9/h1-5,10-11,16H,6-8H2,(H2,14,17)/t10?,11-/m0/s1. The van der Waals surface area contributed by atoms with Crippen LogP contribution >= 0.6 is 0 Å². The molecule has 0 radical (unpaired) electrons. The molecular formula is C13H16N2O4. The van der Waals surface area contributed by atoms with E-state index in [1.807, 2.05) is 30.3 Å². The minimum absolute atomic E-state index is 0.0707. The third-order valence-corrected chi connectivity index (χ3v) is 3.05. The van der Waals surface area contributed by atoms with Gasteiger partial charge in [-0.25, -0.2) is 4.79 Å². The van der Waals surface area contributed by atoms with Gasteiger partial charge in [0.05, 0.1) is 12.6 Å². The van der Waals surface area contributed by atoms with E-state index in [-0.39, 0.29) is 19.6 Å². The van der Waals surface area contributed by atoms with Gasteiger partial charge in [-0.2, -0.15) is 0 Å². The van der Waals surface area contributed by atoms with Gasteiger partial charge in [-0.1, -0.05) is 30.3 Å². The molecule has 1 aliphatic heterocycles. The number of ether oxygens (including phenoxy) is 1. The lowest BCUT2D eigenvalue weighted by Crippen LogP contribution is -2.43. The summed E-state index contributed by atoms with van der Waals surface area (Å²) in [6.45, 7) is 0.193. The highest BCUT2D eigenvalue weighted by molar-refractivity contribution is 5.85. The average molecular weight is 264 g/mol. The Morgan fingerprint density at radius 2 is 2.05 bits per heavy atom. The monoisotopic (exact) mass is 264 g/mol. The summed E-state index contributed by atoms with van der Waals surface area (Å²) in [6.07, 6.45) is -1.21. The van der Waals surface area contributed by atoms with Crippen molar-refractivity contribution < 1.29 is 19.4 Å². The molecule has 6 nitrogen and oxygen atoms in total. The maximum Gasteiger partial charge on any atom is 0.410 e. The van der Waals surface area contributed by atoms with E-state index in [0.29, 0.717) is 0 Å². The zero-order chi connectivity index (χ0) is 13.8.